The van der Waals surface area contributed by atoms with Crippen molar-refractivity contribution in [3.05, 3.63) is 42.0 Å². The van der Waals surface area contributed by atoms with E-state index in [1.165, 1.54) is 20.4 Å². The van der Waals surface area contributed by atoms with Gasteiger partial charge in [0.1, 0.15) is 5.75 Å². The molecule has 25 heavy (non-hydrogen) atoms. The highest BCUT2D eigenvalue weighted by Crippen LogP contribution is 2.36. The van der Waals surface area contributed by atoms with Gasteiger partial charge >= 0.3 is 0 Å². The Morgan fingerprint density at radius 1 is 1.08 bits per heavy atom. The second kappa shape index (κ2) is 8.74. The van der Waals surface area contributed by atoms with Crippen LogP contribution in [0.2, 0.25) is 0 Å². The number of methoxy groups -OCH3 is 3. The van der Waals surface area contributed by atoms with E-state index in [-0.39, 0.29) is 17.2 Å². The van der Waals surface area contributed by atoms with Gasteiger partial charge in [-0.05, 0) is 36.5 Å². The van der Waals surface area contributed by atoms with Gasteiger partial charge in [0.25, 0.3) is 0 Å². The summed E-state index contributed by atoms with van der Waals surface area (Å²) in [6.07, 6.45) is 1.53. The zero-order valence-electron chi connectivity index (χ0n) is 14.1. The molecule has 0 amide bonds. The molecule has 0 heterocycles. The summed E-state index contributed by atoms with van der Waals surface area (Å²) >= 11 is 5.18. The normalized spacial score (nSPS) is 10.4. The molecule has 0 fully saturated rings. The van der Waals surface area contributed by atoms with E-state index in [0.717, 1.165) is 11.4 Å². The van der Waals surface area contributed by atoms with Crippen molar-refractivity contribution in [1.82, 2.24) is 5.43 Å². The Balaban J connectivity index is 2.01. The first-order chi connectivity index (χ1) is 12.1. The number of nitrogens with zero attached hydrogens (tertiary/aromatic N) is 1. The molecule has 0 unspecified atom stereocenters. The molecule has 7 nitrogen and oxygen atoms in total. The van der Waals surface area contributed by atoms with E-state index in [0.29, 0.717) is 10.7 Å². The summed E-state index contributed by atoms with van der Waals surface area (Å²) in [6.45, 7) is 0. The van der Waals surface area contributed by atoms with Crippen LogP contribution in [0.1, 0.15) is 5.56 Å². The molecule has 2 aromatic carbocycles. The molecular weight excluding hydrogens is 342 g/mol. The third kappa shape index (κ3) is 4.98. The van der Waals surface area contributed by atoms with E-state index in [9.17, 15) is 5.11 Å². The lowest BCUT2D eigenvalue weighted by atomic mass is 10.2. The lowest BCUT2D eigenvalue weighted by Crippen LogP contribution is -2.23. The lowest BCUT2D eigenvalue weighted by Gasteiger charge is -2.10. The fourth-order valence-corrected chi connectivity index (χ4v) is 2.18. The quantitative estimate of drug-likeness (QED) is 0.414. The highest BCUT2D eigenvalue weighted by atomic mass is 32.1. The molecule has 0 aromatic heterocycles. The van der Waals surface area contributed by atoms with Gasteiger partial charge < -0.3 is 24.6 Å². The Bertz CT molecular complexity index is 755. The average molecular weight is 361 g/mol. The summed E-state index contributed by atoms with van der Waals surface area (Å²) < 4.78 is 15.3. The largest absolute Gasteiger partial charge is 0.502 e. The van der Waals surface area contributed by atoms with Crippen LogP contribution in [0.15, 0.2) is 41.5 Å². The molecule has 0 saturated heterocycles. The van der Waals surface area contributed by atoms with Gasteiger partial charge in [-0.1, -0.05) is 6.07 Å². The maximum absolute atomic E-state index is 9.88. The number of phenolic OH excluding ortho intramolecular Hbond substituents is 1. The summed E-state index contributed by atoms with van der Waals surface area (Å²) in [5.41, 5.74) is 4.16. The minimum atomic E-state index is -0.0645. The molecule has 8 heteroatoms. The molecule has 0 aliphatic rings. The number of phenols is 1. The number of thiocarbonyl (C=S) groups is 1. The summed E-state index contributed by atoms with van der Waals surface area (Å²) in [6, 6.07) is 10.6. The Labute approximate surface area is 151 Å². The molecule has 132 valence electrons. The van der Waals surface area contributed by atoms with Gasteiger partial charge in [0, 0.05) is 17.3 Å². The second-order valence-corrected chi connectivity index (χ2v) is 5.24. The summed E-state index contributed by atoms with van der Waals surface area (Å²) in [4.78, 5) is 0. The number of aromatic hydroxyl groups is 1. The first-order valence-corrected chi connectivity index (χ1v) is 7.67. The van der Waals surface area contributed by atoms with Gasteiger partial charge in [0.2, 0.25) is 5.75 Å². The first-order valence-electron chi connectivity index (χ1n) is 7.26. The third-order valence-electron chi connectivity index (χ3n) is 3.21. The zero-order chi connectivity index (χ0) is 18.2. The minimum absolute atomic E-state index is 0.0645. The van der Waals surface area contributed by atoms with Crippen molar-refractivity contribution in [2.45, 2.75) is 0 Å². The van der Waals surface area contributed by atoms with Crippen LogP contribution in [0.5, 0.6) is 23.0 Å². The van der Waals surface area contributed by atoms with Crippen molar-refractivity contribution in [3.63, 3.8) is 0 Å². The van der Waals surface area contributed by atoms with E-state index < -0.39 is 0 Å². The summed E-state index contributed by atoms with van der Waals surface area (Å²) in [7, 11) is 4.52. The van der Waals surface area contributed by atoms with Crippen molar-refractivity contribution in [2.75, 3.05) is 26.6 Å². The van der Waals surface area contributed by atoms with Crippen LogP contribution in [0, 0.1) is 0 Å². The van der Waals surface area contributed by atoms with Crippen LogP contribution in [0.4, 0.5) is 5.69 Å². The fraction of sp³-hybridized carbons (Fsp3) is 0.176. The Morgan fingerprint density at radius 3 is 2.36 bits per heavy atom. The zero-order valence-corrected chi connectivity index (χ0v) is 14.9. The molecule has 0 spiro atoms. The molecular formula is C17H19N3O4S. The fourth-order valence-electron chi connectivity index (χ4n) is 2.01. The topological polar surface area (TPSA) is 84.3 Å². The van der Waals surface area contributed by atoms with E-state index >= 15 is 0 Å². The van der Waals surface area contributed by atoms with Gasteiger partial charge in [0.15, 0.2) is 16.6 Å². The van der Waals surface area contributed by atoms with Crippen LogP contribution >= 0.6 is 12.2 Å². The molecule has 0 bridgehead atoms. The third-order valence-corrected chi connectivity index (χ3v) is 3.40. The molecule has 0 aliphatic heterocycles. The van der Waals surface area contributed by atoms with Gasteiger partial charge in [0.05, 0.1) is 27.5 Å². The van der Waals surface area contributed by atoms with Crippen molar-refractivity contribution in [2.24, 2.45) is 5.10 Å². The number of nitrogens with one attached hydrogen (secondary N) is 2. The molecule has 0 radical (unpaired) electrons. The van der Waals surface area contributed by atoms with Crippen LogP contribution in [0.3, 0.4) is 0 Å². The maximum atomic E-state index is 9.88. The summed E-state index contributed by atoms with van der Waals surface area (Å²) in [5.74, 6) is 1.24. The Hall–Kier alpha value is -3.00. The summed E-state index contributed by atoms with van der Waals surface area (Å²) in [5, 5.41) is 17.3. The number of hydrazone groups is 1. The number of ether oxygens (including phenoxy) is 3. The number of hydrogen-bond donors (Lipinski definition) is 3. The van der Waals surface area contributed by atoms with E-state index in [1.807, 2.05) is 24.3 Å². The van der Waals surface area contributed by atoms with Gasteiger partial charge in [-0.15, -0.1) is 0 Å². The van der Waals surface area contributed by atoms with E-state index in [1.54, 1.807) is 19.2 Å². The number of anilines is 1. The molecule has 0 aliphatic carbocycles. The maximum Gasteiger partial charge on any atom is 0.200 e. The van der Waals surface area contributed by atoms with Crippen molar-refractivity contribution < 1.29 is 19.3 Å². The minimum Gasteiger partial charge on any atom is -0.502 e. The standard InChI is InChI=1S/C17H19N3O4S/c1-22-13-6-4-5-12(9-13)19-17(25)20-18-10-11-7-14(23-2)16(21)15(8-11)24-3/h4-10,21H,1-3H3,(H2,19,20,25)/b18-10+. The Morgan fingerprint density at radius 2 is 1.76 bits per heavy atom. The SMILES string of the molecule is COc1cccc(NC(=S)N/N=C/c2cc(OC)c(O)c(OC)c2)c1. The Kier molecular flexibility index (Phi) is 6.41. The molecule has 0 atom stereocenters. The smallest absolute Gasteiger partial charge is 0.200 e. The van der Waals surface area contributed by atoms with E-state index in [4.69, 9.17) is 26.4 Å². The van der Waals surface area contributed by atoms with Crippen LogP contribution < -0.4 is 25.0 Å². The number of rotatable bonds is 6. The molecule has 2 rings (SSSR count). The van der Waals surface area contributed by atoms with Gasteiger partial charge in [-0.3, -0.25) is 5.43 Å². The predicted octanol–water partition coefficient (Wildman–Crippen LogP) is 2.74. The predicted molar refractivity (Wildman–Crippen MR) is 101 cm³/mol. The van der Waals surface area contributed by atoms with Crippen molar-refractivity contribution in [1.29, 1.82) is 0 Å². The average Bonchev–Trinajstić information content (AvgIpc) is 2.62. The van der Waals surface area contributed by atoms with Crippen LogP contribution in [0.25, 0.3) is 0 Å². The van der Waals surface area contributed by atoms with Gasteiger partial charge in [-0.25, -0.2) is 0 Å². The highest BCUT2D eigenvalue weighted by Gasteiger charge is 2.10. The molecule has 2 aromatic rings. The molecule has 0 saturated carbocycles. The van der Waals surface area contributed by atoms with Crippen LogP contribution in [-0.2, 0) is 0 Å². The van der Waals surface area contributed by atoms with Crippen molar-refractivity contribution >= 4 is 29.2 Å². The second-order valence-electron chi connectivity index (χ2n) is 4.83. The van der Waals surface area contributed by atoms with Crippen molar-refractivity contribution in [3.8, 4) is 23.0 Å². The van der Waals surface area contributed by atoms with E-state index in [2.05, 4.69) is 15.8 Å². The number of hydrogen-bond acceptors (Lipinski definition) is 6. The molecule has 3 N–H and O–H groups in total. The van der Waals surface area contributed by atoms with Crippen LogP contribution in [-0.4, -0.2) is 37.8 Å². The number of benzene rings is 2. The lowest BCUT2D eigenvalue weighted by molar-refractivity contribution is 0.340. The monoisotopic (exact) mass is 361 g/mol. The van der Waals surface area contributed by atoms with Gasteiger partial charge in [-0.2, -0.15) is 5.10 Å². The highest BCUT2D eigenvalue weighted by molar-refractivity contribution is 7.80. The first kappa shape index (κ1) is 18.3.